The predicted octanol–water partition coefficient (Wildman–Crippen LogP) is -1.35. The van der Waals surface area contributed by atoms with Gasteiger partial charge in [0.15, 0.2) is 6.17 Å². The first-order valence-electron chi connectivity index (χ1n) is 2.87. The van der Waals surface area contributed by atoms with Crippen molar-refractivity contribution in [3.05, 3.63) is 0 Å². The average Bonchev–Trinajstić information content (AvgIpc) is 1.81. The topological polar surface area (TPSA) is 52.5 Å². The largest absolute Gasteiger partial charge is 0.393 e. The summed E-state index contributed by atoms with van der Waals surface area (Å²) in [5.41, 5.74) is -1.30. The smallest absolute Gasteiger partial charge is 0.154 e. The second-order valence-electron chi connectivity index (χ2n) is 2.36. The lowest BCUT2D eigenvalue weighted by Crippen LogP contribution is -2.65. The third-order valence-electron chi connectivity index (χ3n) is 1.61. The number of hydrogen-bond acceptors (Lipinski definition) is 3. The Bertz CT molecular complexity index is 105. The highest BCUT2D eigenvalue weighted by atomic mass is 19.1. The van der Waals surface area contributed by atoms with Gasteiger partial charge in [-0.2, -0.15) is 0 Å². The van der Waals surface area contributed by atoms with Gasteiger partial charge in [0.2, 0.25) is 0 Å². The van der Waals surface area contributed by atoms with E-state index in [1.807, 2.05) is 0 Å². The first-order chi connectivity index (χ1) is 4.19. The Balaban J connectivity index is 2.38. The van der Waals surface area contributed by atoms with Crippen LogP contribution in [-0.2, 0) is 0 Å². The van der Waals surface area contributed by atoms with E-state index < -0.39 is 18.4 Å². The molecule has 1 atom stereocenters. The summed E-state index contributed by atoms with van der Waals surface area (Å²) < 4.78 is 12.4. The lowest BCUT2D eigenvalue weighted by Gasteiger charge is -2.39. The SMILES string of the molecule is OCC(F)C1(O)CNC1. The highest BCUT2D eigenvalue weighted by molar-refractivity contribution is 4.98. The Morgan fingerprint density at radius 1 is 1.67 bits per heavy atom. The molecule has 0 saturated carbocycles. The summed E-state index contributed by atoms with van der Waals surface area (Å²) in [4.78, 5) is 0. The van der Waals surface area contributed by atoms with Crippen LogP contribution in [0, 0.1) is 0 Å². The monoisotopic (exact) mass is 135 g/mol. The maximum atomic E-state index is 12.4. The summed E-state index contributed by atoms with van der Waals surface area (Å²) in [6, 6.07) is 0. The van der Waals surface area contributed by atoms with E-state index in [4.69, 9.17) is 10.2 Å². The summed E-state index contributed by atoms with van der Waals surface area (Å²) >= 11 is 0. The number of aliphatic hydroxyl groups excluding tert-OH is 1. The molecule has 0 aliphatic carbocycles. The van der Waals surface area contributed by atoms with Crippen LogP contribution in [0.25, 0.3) is 0 Å². The van der Waals surface area contributed by atoms with Gasteiger partial charge in [-0.25, -0.2) is 4.39 Å². The van der Waals surface area contributed by atoms with Crippen molar-refractivity contribution >= 4 is 0 Å². The molecule has 0 bridgehead atoms. The Labute approximate surface area is 52.5 Å². The summed E-state index contributed by atoms with van der Waals surface area (Å²) in [5, 5.41) is 20.1. The Morgan fingerprint density at radius 2 is 2.22 bits per heavy atom. The fourth-order valence-corrected chi connectivity index (χ4v) is 0.773. The number of aliphatic hydroxyl groups is 2. The lowest BCUT2D eigenvalue weighted by atomic mass is 9.92. The van der Waals surface area contributed by atoms with E-state index in [0.29, 0.717) is 0 Å². The zero-order valence-corrected chi connectivity index (χ0v) is 4.97. The third kappa shape index (κ3) is 1.05. The van der Waals surface area contributed by atoms with Crippen LogP contribution in [0.15, 0.2) is 0 Å². The quantitative estimate of drug-likeness (QED) is 0.439. The van der Waals surface area contributed by atoms with Crippen molar-refractivity contribution in [3.63, 3.8) is 0 Å². The van der Waals surface area contributed by atoms with Gasteiger partial charge in [-0.1, -0.05) is 0 Å². The number of β-amino-alcohol motifs (C(OH)–C–C–N with tert-alkyl or cyclic N) is 1. The minimum atomic E-state index is -1.50. The number of nitrogens with one attached hydrogen (secondary N) is 1. The van der Waals surface area contributed by atoms with E-state index in [0.717, 1.165) is 0 Å². The van der Waals surface area contributed by atoms with Gasteiger partial charge in [0.1, 0.15) is 5.60 Å². The average molecular weight is 135 g/mol. The normalized spacial score (nSPS) is 27.0. The van der Waals surface area contributed by atoms with Crippen LogP contribution in [0.5, 0.6) is 0 Å². The maximum Gasteiger partial charge on any atom is 0.154 e. The molecule has 0 aromatic rings. The fourth-order valence-electron chi connectivity index (χ4n) is 0.773. The predicted molar refractivity (Wildman–Crippen MR) is 29.8 cm³/mol. The molecule has 3 N–H and O–H groups in total. The second kappa shape index (κ2) is 2.21. The van der Waals surface area contributed by atoms with Crippen LogP contribution >= 0.6 is 0 Å². The van der Waals surface area contributed by atoms with Gasteiger partial charge in [0.05, 0.1) is 6.61 Å². The molecule has 0 spiro atoms. The van der Waals surface area contributed by atoms with E-state index in [2.05, 4.69) is 5.32 Å². The number of alkyl halides is 1. The molecule has 1 saturated heterocycles. The van der Waals surface area contributed by atoms with Crippen LogP contribution in [0.2, 0.25) is 0 Å². The Morgan fingerprint density at radius 3 is 2.33 bits per heavy atom. The molecule has 1 fully saturated rings. The number of rotatable bonds is 2. The summed E-state index contributed by atoms with van der Waals surface area (Å²) in [6.07, 6.45) is -1.50. The minimum Gasteiger partial charge on any atom is -0.393 e. The van der Waals surface area contributed by atoms with Crippen molar-refractivity contribution in [2.45, 2.75) is 11.8 Å². The first kappa shape index (κ1) is 6.92. The van der Waals surface area contributed by atoms with Gasteiger partial charge in [0.25, 0.3) is 0 Å². The van der Waals surface area contributed by atoms with Crippen molar-refractivity contribution in [2.24, 2.45) is 0 Å². The zero-order chi connectivity index (χ0) is 6.91. The van der Waals surface area contributed by atoms with E-state index in [1.165, 1.54) is 0 Å². The molecule has 0 radical (unpaired) electrons. The summed E-state index contributed by atoms with van der Waals surface area (Å²) in [7, 11) is 0. The number of halogens is 1. The van der Waals surface area contributed by atoms with Crippen molar-refractivity contribution < 1.29 is 14.6 Å². The van der Waals surface area contributed by atoms with E-state index in [1.54, 1.807) is 0 Å². The second-order valence-corrected chi connectivity index (χ2v) is 2.36. The Hall–Kier alpha value is -0.190. The van der Waals surface area contributed by atoms with Gasteiger partial charge in [-0.3, -0.25) is 0 Å². The molecule has 9 heavy (non-hydrogen) atoms. The third-order valence-corrected chi connectivity index (χ3v) is 1.61. The van der Waals surface area contributed by atoms with Crippen LogP contribution in [0.3, 0.4) is 0 Å². The van der Waals surface area contributed by atoms with E-state index in [9.17, 15) is 4.39 Å². The van der Waals surface area contributed by atoms with Crippen molar-refractivity contribution in [1.29, 1.82) is 0 Å². The lowest BCUT2D eigenvalue weighted by molar-refractivity contribution is -0.0891. The molecule has 1 unspecified atom stereocenters. The van der Waals surface area contributed by atoms with Crippen molar-refractivity contribution in [1.82, 2.24) is 5.32 Å². The summed E-state index contributed by atoms with van der Waals surface area (Å²) in [6.45, 7) is -0.109. The molecule has 0 amide bonds. The minimum absolute atomic E-state index is 0.245. The molecule has 1 heterocycles. The highest BCUT2D eigenvalue weighted by Gasteiger charge is 2.42. The van der Waals surface area contributed by atoms with E-state index in [-0.39, 0.29) is 13.1 Å². The van der Waals surface area contributed by atoms with Crippen LogP contribution in [0.4, 0.5) is 4.39 Å². The molecule has 1 rings (SSSR count). The van der Waals surface area contributed by atoms with Crippen molar-refractivity contribution in [3.8, 4) is 0 Å². The molecule has 3 nitrogen and oxygen atoms in total. The fraction of sp³-hybridized carbons (Fsp3) is 1.00. The van der Waals surface area contributed by atoms with Gasteiger partial charge in [-0.05, 0) is 0 Å². The molecular formula is C5H10FNO2. The Kier molecular flexibility index (Phi) is 1.70. The molecule has 0 aromatic heterocycles. The van der Waals surface area contributed by atoms with Gasteiger partial charge >= 0.3 is 0 Å². The van der Waals surface area contributed by atoms with Gasteiger partial charge in [-0.15, -0.1) is 0 Å². The van der Waals surface area contributed by atoms with Crippen LogP contribution in [-0.4, -0.2) is 41.7 Å². The van der Waals surface area contributed by atoms with Crippen LogP contribution < -0.4 is 5.32 Å². The van der Waals surface area contributed by atoms with Gasteiger partial charge < -0.3 is 15.5 Å². The maximum absolute atomic E-state index is 12.4. The zero-order valence-electron chi connectivity index (χ0n) is 4.97. The molecule has 1 aliphatic rings. The molecule has 1 aliphatic heterocycles. The van der Waals surface area contributed by atoms with E-state index >= 15 is 0 Å². The highest BCUT2D eigenvalue weighted by Crippen LogP contribution is 2.17. The molecule has 0 aromatic carbocycles. The van der Waals surface area contributed by atoms with Gasteiger partial charge in [0, 0.05) is 13.1 Å². The standard InChI is InChI=1S/C5H10FNO2/c6-4(1-8)5(9)2-7-3-5/h4,7-9H,1-3H2. The van der Waals surface area contributed by atoms with Crippen molar-refractivity contribution in [2.75, 3.05) is 19.7 Å². The number of hydrogen-bond donors (Lipinski definition) is 3. The molecule has 4 heteroatoms. The van der Waals surface area contributed by atoms with Crippen LogP contribution in [0.1, 0.15) is 0 Å². The summed E-state index contributed by atoms with van der Waals surface area (Å²) in [5.74, 6) is 0. The molecular weight excluding hydrogens is 125 g/mol. The first-order valence-corrected chi connectivity index (χ1v) is 2.87. The molecule has 54 valence electrons.